The highest BCUT2D eigenvalue weighted by molar-refractivity contribution is 6.02. The van der Waals surface area contributed by atoms with Gasteiger partial charge >= 0.3 is 12.1 Å². The third-order valence-corrected chi connectivity index (χ3v) is 3.72. The molecule has 0 radical (unpaired) electrons. The summed E-state index contributed by atoms with van der Waals surface area (Å²) in [6, 6.07) is 11.9. The van der Waals surface area contributed by atoms with E-state index in [0.717, 1.165) is 10.8 Å². The number of alkyl carbamates (subject to hydrolysis) is 1. The van der Waals surface area contributed by atoms with Crippen molar-refractivity contribution in [2.24, 2.45) is 0 Å². The molecule has 2 rings (SSSR count). The van der Waals surface area contributed by atoms with E-state index < -0.39 is 23.7 Å². The smallest absolute Gasteiger partial charge is 0.408 e. The Morgan fingerprint density at radius 1 is 1.04 bits per heavy atom. The standard InChI is InChI=1S/C21H25NO5/c1-5-26-19(24)17(22-20(25)27-21(2,3)4)13-18(23)16-11-10-14-8-6-7-9-15(14)12-16/h6-12,17H,5,13H2,1-4H3,(H,22,25)/t17-/m1/s1. The molecule has 1 N–H and O–H groups in total. The van der Waals surface area contributed by atoms with Gasteiger partial charge in [-0.3, -0.25) is 4.79 Å². The van der Waals surface area contributed by atoms with Crippen LogP contribution in [0.1, 0.15) is 44.5 Å². The Balaban J connectivity index is 2.15. The van der Waals surface area contributed by atoms with Gasteiger partial charge in [0.1, 0.15) is 11.6 Å². The van der Waals surface area contributed by atoms with E-state index in [2.05, 4.69) is 5.32 Å². The van der Waals surface area contributed by atoms with Gasteiger partial charge in [0, 0.05) is 12.0 Å². The first kappa shape index (κ1) is 20.4. The number of hydrogen-bond acceptors (Lipinski definition) is 5. The number of ether oxygens (including phenoxy) is 2. The molecule has 0 heterocycles. The van der Waals surface area contributed by atoms with Gasteiger partial charge in [-0.15, -0.1) is 0 Å². The van der Waals surface area contributed by atoms with Crippen molar-refractivity contribution in [3.63, 3.8) is 0 Å². The minimum absolute atomic E-state index is 0.148. The average molecular weight is 371 g/mol. The van der Waals surface area contributed by atoms with Gasteiger partial charge in [-0.1, -0.05) is 36.4 Å². The summed E-state index contributed by atoms with van der Waals surface area (Å²) in [6.07, 6.45) is -0.983. The Bertz CT molecular complexity index is 838. The molecule has 0 unspecified atom stereocenters. The molecule has 0 fully saturated rings. The second-order valence-corrected chi connectivity index (χ2v) is 7.14. The topological polar surface area (TPSA) is 81.7 Å². The number of esters is 1. The Morgan fingerprint density at radius 3 is 2.33 bits per heavy atom. The third kappa shape index (κ3) is 6.09. The van der Waals surface area contributed by atoms with E-state index in [0.29, 0.717) is 5.56 Å². The quantitative estimate of drug-likeness (QED) is 0.616. The number of hydrogen-bond donors (Lipinski definition) is 1. The molecular formula is C21H25NO5. The molecule has 0 spiro atoms. The lowest BCUT2D eigenvalue weighted by Crippen LogP contribution is -2.45. The lowest BCUT2D eigenvalue weighted by molar-refractivity contribution is -0.145. The zero-order valence-corrected chi connectivity index (χ0v) is 16.1. The number of benzene rings is 2. The fourth-order valence-electron chi connectivity index (χ4n) is 2.55. The molecule has 1 atom stereocenters. The summed E-state index contributed by atoms with van der Waals surface area (Å²) >= 11 is 0. The highest BCUT2D eigenvalue weighted by Gasteiger charge is 2.28. The first-order chi connectivity index (χ1) is 12.7. The van der Waals surface area contributed by atoms with Gasteiger partial charge in [0.15, 0.2) is 5.78 Å². The second kappa shape index (κ2) is 8.66. The lowest BCUT2D eigenvalue weighted by atomic mass is 10.0. The van der Waals surface area contributed by atoms with Crippen molar-refractivity contribution >= 4 is 28.6 Å². The number of Topliss-reactive ketones (excluding diaryl/α,β-unsaturated/α-hetero) is 1. The van der Waals surface area contributed by atoms with Crippen molar-refractivity contribution < 1.29 is 23.9 Å². The number of carbonyl (C=O) groups is 3. The average Bonchev–Trinajstić information content (AvgIpc) is 2.59. The molecule has 1 amide bonds. The number of fused-ring (bicyclic) bond motifs is 1. The van der Waals surface area contributed by atoms with E-state index in [1.54, 1.807) is 39.8 Å². The molecule has 6 nitrogen and oxygen atoms in total. The van der Waals surface area contributed by atoms with Gasteiger partial charge < -0.3 is 14.8 Å². The van der Waals surface area contributed by atoms with E-state index >= 15 is 0 Å². The number of nitrogens with one attached hydrogen (secondary N) is 1. The predicted octanol–water partition coefficient (Wildman–Crippen LogP) is 3.87. The predicted molar refractivity (Wildman–Crippen MR) is 103 cm³/mol. The zero-order chi connectivity index (χ0) is 20.0. The SMILES string of the molecule is CCOC(=O)[C@@H](CC(=O)c1ccc2ccccc2c1)NC(=O)OC(C)(C)C. The molecule has 0 aliphatic rings. The summed E-state index contributed by atoms with van der Waals surface area (Å²) in [7, 11) is 0. The van der Waals surface area contributed by atoms with Gasteiger partial charge in [-0.05, 0) is 44.5 Å². The van der Waals surface area contributed by atoms with Crippen LogP contribution >= 0.6 is 0 Å². The van der Waals surface area contributed by atoms with Gasteiger partial charge in [0.25, 0.3) is 0 Å². The van der Waals surface area contributed by atoms with Crippen molar-refractivity contribution in [1.29, 1.82) is 0 Å². The summed E-state index contributed by atoms with van der Waals surface area (Å²) in [5.41, 5.74) is -0.250. The van der Waals surface area contributed by atoms with Crippen LogP contribution < -0.4 is 5.32 Å². The highest BCUT2D eigenvalue weighted by Crippen LogP contribution is 2.17. The molecule has 2 aromatic rings. The number of rotatable bonds is 6. The lowest BCUT2D eigenvalue weighted by Gasteiger charge is -2.22. The Morgan fingerprint density at radius 2 is 1.70 bits per heavy atom. The maximum atomic E-state index is 12.7. The van der Waals surface area contributed by atoms with E-state index in [-0.39, 0.29) is 18.8 Å². The fraction of sp³-hybridized carbons (Fsp3) is 0.381. The summed E-state index contributed by atoms with van der Waals surface area (Å²) in [5.74, 6) is -0.938. The molecule has 27 heavy (non-hydrogen) atoms. The summed E-state index contributed by atoms with van der Waals surface area (Å²) < 4.78 is 10.2. The molecule has 0 bridgehead atoms. The molecule has 0 saturated heterocycles. The fourth-order valence-corrected chi connectivity index (χ4v) is 2.55. The summed E-state index contributed by atoms with van der Waals surface area (Å²) in [5, 5.41) is 4.38. The van der Waals surface area contributed by atoms with Crippen LogP contribution in [-0.2, 0) is 14.3 Å². The Hall–Kier alpha value is -2.89. The molecule has 2 aromatic carbocycles. The molecule has 0 aromatic heterocycles. The van der Waals surface area contributed by atoms with Gasteiger partial charge in [-0.25, -0.2) is 9.59 Å². The van der Waals surface area contributed by atoms with E-state index in [4.69, 9.17) is 9.47 Å². The third-order valence-electron chi connectivity index (χ3n) is 3.72. The van der Waals surface area contributed by atoms with Crippen molar-refractivity contribution in [2.75, 3.05) is 6.61 Å². The largest absolute Gasteiger partial charge is 0.464 e. The van der Waals surface area contributed by atoms with Crippen LogP contribution in [0.25, 0.3) is 10.8 Å². The number of ketones is 1. The van der Waals surface area contributed by atoms with Crippen LogP contribution in [-0.4, -0.2) is 36.1 Å². The molecular weight excluding hydrogens is 346 g/mol. The van der Waals surface area contributed by atoms with Crippen molar-refractivity contribution in [3.05, 3.63) is 48.0 Å². The molecule has 0 aliphatic heterocycles. The van der Waals surface area contributed by atoms with Crippen molar-refractivity contribution in [2.45, 2.75) is 45.8 Å². The normalized spacial score (nSPS) is 12.3. The summed E-state index contributed by atoms with van der Waals surface area (Å²) in [6.45, 7) is 6.95. The number of amides is 1. The minimum Gasteiger partial charge on any atom is -0.464 e. The van der Waals surface area contributed by atoms with Crippen molar-refractivity contribution in [3.8, 4) is 0 Å². The van der Waals surface area contributed by atoms with E-state index in [9.17, 15) is 14.4 Å². The molecule has 6 heteroatoms. The van der Waals surface area contributed by atoms with Crippen LogP contribution in [0.4, 0.5) is 4.79 Å². The van der Waals surface area contributed by atoms with Crippen LogP contribution in [0.15, 0.2) is 42.5 Å². The molecule has 144 valence electrons. The van der Waals surface area contributed by atoms with Gasteiger partial charge in [-0.2, -0.15) is 0 Å². The maximum absolute atomic E-state index is 12.7. The zero-order valence-electron chi connectivity index (χ0n) is 16.1. The van der Waals surface area contributed by atoms with Gasteiger partial charge in [0.2, 0.25) is 0 Å². The summed E-state index contributed by atoms with van der Waals surface area (Å²) in [4.78, 5) is 36.9. The van der Waals surface area contributed by atoms with Gasteiger partial charge in [0.05, 0.1) is 6.61 Å². The molecule has 0 saturated carbocycles. The second-order valence-electron chi connectivity index (χ2n) is 7.14. The van der Waals surface area contributed by atoms with Crippen LogP contribution in [0.5, 0.6) is 0 Å². The number of carbonyl (C=O) groups excluding carboxylic acids is 3. The first-order valence-corrected chi connectivity index (χ1v) is 8.88. The first-order valence-electron chi connectivity index (χ1n) is 8.88. The van der Waals surface area contributed by atoms with Crippen LogP contribution in [0, 0.1) is 0 Å². The Labute approximate surface area is 158 Å². The molecule has 0 aliphatic carbocycles. The maximum Gasteiger partial charge on any atom is 0.408 e. The van der Waals surface area contributed by atoms with Crippen molar-refractivity contribution in [1.82, 2.24) is 5.32 Å². The Kier molecular flexibility index (Phi) is 6.55. The highest BCUT2D eigenvalue weighted by atomic mass is 16.6. The minimum atomic E-state index is -1.11. The van der Waals surface area contributed by atoms with Crippen LogP contribution in [0.3, 0.4) is 0 Å². The van der Waals surface area contributed by atoms with Crippen LogP contribution in [0.2, 0.25) is 0 Å². The van der Waals surface area contributed by atoms with E-state index in [1.165, 1.54) is 0 Å². The van der Waals surface area contributed by atoms with E-state index in [1.807, 2.05) is 30.3 Å². The monoisotopic (exact) mass is 371 g/mol.